The fourth-order valence-electron chi connectivity index (χ4n) is 3.57. The third-order valence-electron chi connectivity index (χ3n) is 5.18. The Morgan fingerprint density at radius 1 is 1.18 bits per heavy atom. The molecule has 0 heterocycles. The first-order chi connectivity index (χ1) is 10.7. The van der Waals surface area contributed by atoms with Crippen LogP contribution < -0.4 is 5.32 Å². The van der Waals surface area contributed by atoms with Gasteiger partial charge in [-0.2, -0.15) is 0 Å². The minimum atomic E-state index is 0.204. The standard InChI is InChI=1S/C19H28N2O/c1-15(17-11-12-17)21(13-16-7-3-2-4-8-16)14-19(22)20-18-9-5-6-10-18/h2-4,7-8,15,17-18H,5-6,9-14H2,1H3,(H,20,22). The number of benzene rings is 1. The molecule has 1 unspecified atom stereocenters. The Kier molecular flexibility index (Phi) is 5.14. The molecule has 22 heavy (non-hydrogen) atoms. The summed E-state index contributed by atoms with van der Waals surface area (Å²) in [7, 11) is 0. The lowest BCUT2D eigenvalue weighted by Gasteiger charge is -2.29. The second-order valence-corrected chi connectivity index (χ2v) is 7.02. The van der Waals surface area contributed by atoms with E-state index in [9.17, 15) is 4.79 Å². The van der Waals surface area contributed by atoms with E-state index in [2.05, 4.69) is 41.4 Å². The lowest BCUT2D eigenvalue weighted by molar-refractivity contribution is -0.123. The lowest BCUT2D eigenvalue weighted by Crippen LogP contribution is -2.44. The molecule has 3 nitrogen and oxygen atoms in total. The average molecular weight is 300 g/mol. The zero-order valence-corrected chi connectivity index (χ0v) is 13.6. The van der Waals surface area contributed by atoms with Gasteiger partial charge in [-0.1, -0.05) is 43.2 Å². The van der Waals surface area contributed by atoms with Gasteiger partial charge in [0.05, 0.1) is 6.54 Å². The third kappa shape index (κ3) is 4.33. The highest BCUT2D eigenvalue weighted by atomic mass is 16.2. The maximum Gasteiger partial charge on any atom is 0.234 e. The van der Waals surface area contributed by atoms with Crippen LogP contribution in [0.2, 0.25) is 0 Å². The van der Waals surface area contributed by atoms with E-state index in [4.69, 9.17) is 0 Å². The monoisotopic (exact) mass is 300 g/mol. The molecule has 1 amide bonds. The zero-order chi connectivity index (χ0) is 15.4. The van der Waals surface area contributed by atoms with Gasteiger partial charge < -0.3 is 5.32 Å². The van der Waals surface area contributed by atoms with Gasteiger partial charge in [0.1, 0.15) is 0 Å². The molecular weight excluding hydrogens is 272 g/mol. The summed E-state index contributed by atoms with van der Waals surface area (Å²) in [5, 5.41) is 3.23. The number of nitrogens with one attached hydrogen (secondary N) is 1. The van der Waals surface area contributed by atoms with Crippen molar-refractivity contribution in [1.29, 1.82) is 0 Å². The van der Waals surface area contributed by atoms with Crippen molar-refractivity contribution in [2.45, 2.75) is 64.1 Å². The number of nitrogens with zero attached hydrogens (tertiary/aromatic N) is 1. The van der Waals surface area contributed by atoms with Crippen LogP contribution in [0.4, 0.5) is 0 Å². The summed E-state index contributed by atoms with van der Waals surface area (Å²) in [6.07, 6.45) is 7.47. The highest BCUT2D eigenvalue weighted by Crippen LogP contribution is 2.35. The van der Waals surface area contributed by atoms with Gasteiger partial charge in [0.25, 0.3) is 0 Å². The normalized spacial score (nSPS) is 20.3. The van der Waals surface area contributed by atoms with Crippen LogP contribution in [0.5, 0.6) is 0 Å². The van der Waals surface area contributed by atoms with Crippen LogP contribution in [0.1, 0.15) is 51.0 Å². The van der Waals surface area contributed by atoms with Crippen molar-refractivity contribution in [3.8, 4) is 0 Å². The van der Waals surface area contributed by atoms with Crippen LogP contribution in [0.15, 0.2) is 30.3 Å². The topological polar surface area (TPSA) is 32.3 Å². The Morgan fingerprint density at radius 3 is 2.50 bits per heavy atom. The van der Waals surface area contributed by atoms with E-state index >= 15 is 0 Å². The van der Waals surface area contributed by atoms with Crippen molar-refractivity contribution in [2.24, 2.45) is 5.92 Å². The van der Waals surface area contributed by atoms with Crippen molar-refractivity contribution < 1.29 is 4.79 Å². The van der Waals surface area contributed by atoms with E-state index in [0.29, 0.717) is 18.6 Å². The molecule has 2 fully saturated rings. The molecule has 0 saturated heterocycles. The number of carbonyl (C=O) groups excluding carboxylic acids is 1. The van der Waals surface area contributed by atoms with Crippen molar-refractivity contribution in [2.75, 3.05) is 6.54 Å². The first-order valence-corrected chi connectivity index (χ1v) is 8.79. The highest BCUT2D eigenvalue weighted by Gasteiger charge is 2.33. The molecule has 0 spiro atoms. The zero-order valence-electron chi connectivity index (χ0n) is 13.6. The molecule has 3 rings (SSSR count). The maximum absolute atomic E-state index is 12.4. The van der Waals surface area contributed by atoms with Gasteiger partial charge in [-0.3, -0.25) is 9.69 Å². The smallest absolute Gasteiger partial charge is 0.234 e. The highest BCUT2D eigenvalue weighted by molar-refractivity contribution is 5.78. The molecule has 1 N–H and O–H groups in total. The Bertz CT molecular complexity index is 477. The second kappa shape index (κ2) is 7.28. The Hall–Kier alpha value is -1.35. The molecule has 2 aliphatic carbocycles. The van der Waals surface area contributed by atoms with Gasteiger partial charge in [-0.25, -0.2) is 0 Å². The summed E-state index contributed by atoms with van der Waals surface area (Å²) in [6.45, 7) is 3.68. The second-order valence-electron chi connectivity index (χ2n) is 7.02. The van der Waals surface area contributed by atoms with Crippen LogP contribution in [0.3, 0.4) is 0 Å². The molecule has 2 aliphatic rings. The summed E-state index contributed by atoms with van der Waals surface area (Å²) in [5.74, 6) is 0.985. The number of amides is 1. The molecule has 0 aromatic heterocycles. The molecule has 3 heteroatoms. The van der Waals surface area contributed by atoms with E-state index in [1.807, 2.05) is 6.07 Å². The van der Waals surface area contributed by atoms with Crippen molar-refractivity contribution in [3.05, 3.63) is 35.9 Å². The summed E-state index contributed by atoms with van der Waals surface area (Å²) < 4.78 is 0. The van der Waals surface area contributed by atoms with E-state index in [0.717, 1.165) is 25.3 Å². The quantitative estimate of drug-likeness (QED) is 0.837. The van der Waals surface area contributed by atoms with E-state index in [1.54, 1.807) is 0 Å². The maximum atomic E-state index is 12.4. The fourth-order valence-corrected chi connectivity index (χ4v) is 3.57. The average Bonchev–Trinajstić information content (AvgIpc) is 3.25. The third-order valence-corrected chi connectivity index (χ3v) is 5.18. The molecule has 1 aromatic rings. The van der Waals surface area contributed by atoms with Gasteiger partial charge in [0, 0.05) is 18.6 Å². The SMILES string of the molecule is CC(C1CC1)N(CC(=O)NC1CCCC1)Cc1ccccc1. The molecule has 0 radical (unpaired) electrons. The molecule has 0 bridgehead atoms. The largest absolute Gasteiger partial charge is 0.352 e. The van der Waals surface area contributed by atoms with Gasteiger partial charge >= 0.3 is 0 Å². The predicted octanol–water partition coefficient (Wildman–Crippen LogP) is 3.35. The number of hydrogen-bond acceptors (Lipinski definition) is 2. The summed E-state index contributed by atoms with van der Waals surface area (Å²) in [5.41, 5.74) is 1.30. The van der Waals surface area contributed by atoms with Crippen LogP contribution in [0, 0.1) is 5.92 Å². The van der Waals surface area contributed by atoms with Crippen LogP contribution in [-0.2, 0) is 11.3 Å². The van der Waals surface area contributed by atoms with Gasteiger partial charge in [-0.15, -0.1) is 0 Å². The lowest BCUT2D eigenvalue weighted by atomic mass is 10.1. The molecular formula is C19H28N2O. The van der Waals surface area contributed by atoms with E-state index in [-0.39, 0.29) is 5.91 Å². The predicted molar refractivity (Wildman–Crippen MR) is 89.4 cm³/mol. The Labute approximate surface area is 134 Å². The van der Waals surface area contributed by atoms with E-state index < -0.39 is 0 Å². The van der Waals surface area contributed by atoms with E-state index in [1.165, 1.54) is 31.2 Å². The molecule has 120 valence electrons. The van der Waals surface area contributed by atoms with Crippen molar-refractivity contribution >= 4 is 5.91 Å². The number of hydrogen-bond donors (Lipinski definition) is 1. The molecule has 1 atom stereocenters. The molecule has 0 aliphatic heterocycles. The summed E-state index contributed by atoms with van der Waals surface area (Å²) in [4.78, 5) is 14.8. The van der Waals surface area contributed by atoms with Gasteiger partial charge in [0.2, 0.25) is 5.91 Å². The number of rotatable bonds is 7. The van der Waals surface area contributed by atoms with Crippen LogP contribution >= 0.6 is 0 Å². The molecule has 2 saturated carbocycles. The van der Waals surface area contributed by atoms with Crippen LogP contribution in [0.25, 0.3) is 0 Å². The number of carbonyl (C=O) groups is 1. The van der Waals surface area contributed by atoms with Gasteiger partial charge in [-0.05, 0) is 44.1 Å². The van der Waals surface area contributed by atoms with Gasteiger partial charge in [0.15, 0.2) is 0 Å². The first kappa shape index (κ1) is 15.5. The van der Waals surface area contributed by atoms with Crippen LogP contribution in [-0.4, -0.2) is 29.4 Å². The summed E-state index contributed by atoms with van der Waals surface area (Å²) in [6, 6.07) is 11.4. The van der Waals surface area contributed by atoms with Crippen molar-refractivity contribution in [1.82, 2.24) is 10.2 Å². The molecule has 1 aromatic carbocycles. The van der Waals surface area contributed by atoms with Crippen molar-refractivity contribution in [3.63, 3.8) is 0 Å². The fraction of sp³-hybridized carbons (Fsp3) is 0.632. The Balaban J connectivity index is 1.58. The minimum absolute atomic E-state index is 0.204. The minimum Gasteiger partial charge on any atom is -0.352 e. The first-order valence-electron chi connectivity index (χ1n) is 8.79. The summed E-state index contributed by atoms with van der Waals surface area (Å²) >= 11 is 0. The Morgan fingerprint density at radius 2 is 1.86 bits per heavy atom.